The van der Waals surface area contributed by atoms with Crippen molar-refractivity contribution in [1.82, 2.24) is 0 Å². The van der Waals surface area contributed by atoms with Crippen LogP contribution in [0.25, 0.3) is 44.5 Å². The van der Waals surface area contributed by atoms with E-state index in [0.29, 0.717) is 0 Å². The molecule has 0 fully saturated rings. The largest absolute Gasteiger partial charge is 0.310 e. The lowest BCUT2D eigenvalue weighted by Crippen LogP contribution is -2.27. The van der Waals surface area contributed by atoms with Crippen LogP contribution in [0.15, 0.2) is 176 Å². The molecule has 1 unspecified atom stereocenters. The highest BCUT2D eigenvalue weighted by Gasteiger charge is 2.52. The van der Waals surface area contributed by atoms with Gasteiger partial charge < -0.3 is 4.90 Å². The van der Waals surface area contributed by atoms with Crippen molar-refractivity contribution in [3.8, 4) is 44.5 Å². The van der Waals surface area contributed by atoms with Gasteiger partial charge in [-0.15, -0.1) is 0 Å². The van der Waals surface area contributed by atoms with E-state index in [4.69, 9.17) is 8.22 Å². The molecule has 8 aromatic rings. The van der Waals surface area contributed by atoms with Gasteiger partial charge in [-0.3, -0.25) is 0 Å². The van der Waals surface area contributed by atoms with Gasteiger partial charge in [0.1, 0.15) is 0 Å². The maximum atomic E-state index is 8.18. The third-order valence-electron chi connectivity index (χ3n) is 13.9. The predicted molar refractivity (Wildman–Crippen MR) is 258 cm³/mol. The first-order valence-corrected chi connectivity index (χ1v) is 21.5. The molecule has 3 aliphatic carbocycles. The fraction of sp³-hybridized carbons (Fsp3) is 0.200. The van der Waals surface area contributed by atoms with E-state index in [1.165, 1.54) is 79.2 Å². The highest BCUT2D eigenvalue weighted by molar-refractivity contribution is 5.97. The standard InChI is InChI=1S/C60H53N/c1-57(2,3)40-25-21-38(22-26-40)39-23-28-42(29-24-39)61(43-31-34-52-50(36-43)47-17-9-12-18-51(47)59(52,7)8)44-30-33-49-46-16-11-14-20-54(46)60(56(49)37-44)53-19-13-10-15-45(53)48-32-27-41(35-55(48)60)58(4,5)6/h9-37H,1-8H3/i1D3,2D3. The number of hydrogen-bond donors (Lipinski definition) is 0. The molecule has 1 atom stereocenters. The van der Waals surface area contributed by atoms with Crippen LogP contribution >= 0.6 is 0 Å². The fourth-order valence-electron chi connectivity index (χ4n) is 10.8. The maximum absolute atomic E-state index is 8.18. The highest BCUT2D eigenvalue weighted by Crippen LogP contribution is 2.64. The number of benzene rings is 8. The fourth-order valence-corrected chi connectivity index (χ4v) is 10.8. The molecule has 0 radical (unpaired) electrons. The summed E-state index contributed by atoms with van der Waals surface area (Å²) < 4.78 is 49.1. The molecule has 1 spiro atoms. The third-order valence-corrected chi connectivity index (χ3v) is 13.9. The molecule has 61 heavy (non-hydrogen) atoms. The van der Waals surface area contributed by atoms with Gasteiger partial charge in [-0.1, -0.05) is 195 Å². The van der Waals surface area contributed by atoms with Gasteiger partial charge in [0.05, 0.1) is 5.41 Å². The van der Waals surface area contributed by atoms with Crippen molar-refractivity contribution in [1.29, 1.82) is 0 Å². The van der Waals surface area contributed by atoms with Gasteiger partial charge in [0.15, 0.2) is 0 Å². The summed E-state index contributed by atoms with van der Waals surface area (Å²) in [7, 11) is 0. The van der Waals surface area contributed by atoms with E-state index in [-0.39, 0.29) is 16.4 Å². The van der Waals surface area contributed by atoms with E-state index < -0.39 is 24.5 Å². The second kappa shape index (κ2) is 13.0. The van der Waals surface area contributed by atoms with Crippen LogP contribution < -0.4 is 4.90 Å². The monoisotopic (exact) mass is 793 g/mol. The second-order valence-electron chi connectivity index (χ2n) is 19.1. The third kappa shape index (κ3) is 5.46. The van der Waals surface area contributed by atoms with Gasteiger partial charge in [-0.05, 0) is 136 Å². The predicted octanol–water partition coefficient (Wildman–Crippen LogP) is 16.1. The Labute approximate surface area is 370 Å². The number of hydrogen-bond acceptors (Lipinski definition) is 1. The van der Waals surface area contributed by atoms with Crippen LogP contribution in [0.2, 0.25) is 0 Å². The van der Waals surface area contributed by atoms with E-state index >= 15 is 0 Å². The van der Waals surface area contributed by atoms with Gasteiger partial charge in [0.2, 0.25) is 0 Å². The number of fused-ring (bicyclic) bond motifs is 13. The second-order valence-corrected chi connectivity index (χ2v) is 19.1. The van der Waals surface area contributed by atoms with Crippen LogP contribution in [0.3, 0.4) is 0 Å². The summed E-state index contributed by atoms with van der Waals surface area (Å²) in [5.74, 6) is 0. The Balaban J connectivity index is 1.10. The van der Waals surface area contributed by atoms with Gasteiger partial charge in [-0.2, -0.15) is 0 Å². The van der Waals surface area contributed by atoms with Crippen molar-refractivity contribution in [2.45, 2.75) is 76.9 Å². The topological polar surface area (TPSA) is 3.24 Å². The van der Waals surface area contributed by atoms with E-state index in [2.05, 4.69) is 191 Å². The number of nitrogens with zero attached hydrogens (tertiary/aromatic N) is 1. The van der Waals surface area contributed by atoms with E-state index in [0.717, 1.165) is 28.2 Å². The zero-order valence-corrected chi connectivity index (χ0v) is 35.7. The minimum absolute atomic E-state index is 0.0460. The van der Waals surface area contributed by atoms with Crippen molar-refractivity contribution in [2.75, 3.05) is 4.90 Å². The molecular formula is C60H53N. The molecular weight excluding hydrogens is 735 g/mol. The van der Waals surface area contributed by atoms with Crippen LogP contribution in [0.5, 0.6) is 0 Å². The summed E-state index contributed by atoms with van der Waals surface area (Å²) in [6, 6.07) is 63.3. The molecule has 11 rings (SSSR count). The molecule has 0 saturated heterocycles. The highest BCUT2D eigenvalue weighted by atomic mass is 15.1. The zero-order valence-electron chi connectivity index (χ0n) is 41.7. The molecule has 298 valence electrons. The molecule has 8 aromatic carbocycles. The Morgan fingerprint density at radius 2 is 0.820 bits per heavy atom. The van der Waals surface area contributed by atoms with Crippen LogP contribution in [0.1, 0.15) is 108 Å². The number of anilines is 3. The minimum Gasteiger partial charge on any atom is -0.310 e. The Kier molecular flexibility index (Phi) is 6.72. The van der Waals surface area contributed by atoms with Crippen molar-refractivity contribution < 1.29 is 8.22 Å². The smallest absolute Gasteiger partial charge is 0.0726 e. The first-order valence-electron chi connectivity index (χ1n) is 24.5. The lowest BCUT2D eigenvalue weighted by molar-refractivity contribution is 0.588. The van der Waals surface area contributed by atoms with Crippen molar-refractivity contribution in [3.05, 3.63) is 220 Å². The summed E-state index contributed by atoms with van der Waals surface area (Å²) in [5.41, 5.74) is 19.0. The first-order chi connectivity index (χ1) is 31.8. The molecule has 3 aliphatic rings. The maximum Gasteiger partial charge on any atom is 0.0726 e. The van der Waals surface area contributed by atoms with Gasteiger partial charge in [-0.25, -0.2) is 0 Å². The van der Waals surface area contributed by atoms with Crippen LogP contribution in [-0.2, 0) is 21.7 Å². The summed E-state index contributed by atoms with van der Waals surface area (Å²) in [6.45, 7) is 7.38. The van der Waals surface area contributed by atoms with E-state index in [1.54, 1.807) is 12.1 Å². The molecule has 0 N–H and O–H groups in total. The Morgan fingerprint density at radius 1 is 0.377 bits per heavy atom. The Hall–Kier alpha value is -6.44. The van der Waals surface area contributed by atoms with Crippen molar-refractivity contribution >= 4 is 17.1 Å². The summed E-state index contributed by atoms with van der Waals surface area (Å²) in [5, 5.41) is 0. The first kappa shape index (κ1) is 31.4. The molecule has 1 heteroatoms. The molecule has 0 saturated carbocycles. The summed E-state index contributed by atoms with van der Waals surface area (Å²) in [6.07, 6.45) is 0. The average molecular weight is 794 g/mol. The molecule has 0 bridgehead atoms. The summed E-state index contributed by atoms with van der Waals surface area (Å²) in [4.78, 5) is 2.38. The molecule has 0 amide bonds. The van der Waals surface area contributed by atoms with Crippen molar-refractivity contribution in [2.24, 2.45) is 0 Å². The average Bonchev–Trinajstić information content (AvgIpc) is 3.86. The van der Waals surface area contributed by atoms with Crippen LogP contribution in [0, 0.1) is 0 Å². The summed E-state index contributed by atoms with van der Waals surface area (Å²) >= 11 is 0. The van der Waals surface area contributed by atoms with Crippen LogP contribution in [0.4, 0.5) is 17.1 Å². The van der Waals surface area contributed by atoms with E-state index in [9.17, 15) is 0 Å². The molecule has 1 nitrogen and oxygen atoms in total. The zero-order chi connectivity index (χ0) is 47.1. The van der Waals surface area contributed by atoms with Crippen LogP contribution in [-0.4, -0.2) is 0 Å². The van der Waals surface area contributed by atoms with Gasteiger partial charge in [0, 0.05) is 30.7 Å². The van der Waals surface area contributed by atoms with E-state index in [1.807, 2.05) is 12.1 Å². The minimum atomic E-state index is -2.72. The molecule has 0 aromatic heterocycles. The molecule has 0 heterocycles. The lowest BCUT2D eigenvalue weighted by atomic mass is 9.69. The quantitative estimate of drug-likeness (QED) is 0.172. The molecule has 0 aliphatic heterocycles. The van der Waals surface area contributed by atoms with Gasteiger partial charge in [0.25, 0.3) is 0 Å². The Morgan fingerprint density at radius 3 is 1.43 bits per heavy atom. The number of rotatable bonds is 4. The normalized spacial score (nSPS) is 18.3. The SMILES string of the molecule is [2H]C([2H])([2H])C(C)(c1ccc(-c2ccc(N(c3ccc4c(c3)-c3ccccc3C4(C)C)c3ccc4c(c3)C3(c5ccccc5-4)c4ccccc4-c4ccc(C(C)(C)C)cc43)cc2)cc1)C([2H])([2H])[2H]. The Bertz CT molecular complexity index is 3270. The van der Waals surface area contributed by atoms with Gasteiger partial charge >= 0.3 is 0 Å². The lowest BCUT2D eigenvalue weighted by Gasteiger charge is -2.33. The van der Waals surface area contributed by atoms with Crippen molar-refractivity contribution in [3.63, 3.8) is 0 Å².